The molecule has 6 heteroatoms. The number of amides is 1. The Bertz CT molecular complexity index is 1230. The summed E-state index contributed by atoms with van der Waals surface area (Å²) in [6.07, 6.45) is 12.0. The summed E-state index contributed by atoms with van der Waals surface area (Å²) in [5.74, 6) is 2.60. The maximum absolute atomic E-state index is 13.7. The van der Waals surface area contributed by atoms with Crippen molar-refractivity contribution in [2.45, 2.75) is 70.6 Å². The predicted octanol–water partition coefficient (Wildman–Crippen LogP) is 5.83. The minimum Gasteiger partial charge on any atom is -0.501 e. The van der Waals surface area contributed by atoms with Gasteiger partial charge in [-0.15, -0.1) is 0 Å². The van der Waals surface area contributed by atoms with Crippen molar-refractivity contribution >= 4 is 16.2 Å². The van der Waals surface area contributed by atoms with E-state index in [0.29, 0.717) is 30.6 Å². The van der Waals surface area contributed by atoms with Gasteiger partial charge in [-0.25, -0.2) is 8.42 Å². The molecule has 35 heavy (non-hydrogen) atoms. The minimum absolute atomic E-state index is 0.114. The van der Waals surface area contributed by atoms with Gasteiger partial charge in [-0.05, 0) is 103 Å². The molecular formula is C29H37NO4S. The SMILES string of the molecule is COC1=CC2=CC[C@@H]3[C@H](CC[C@]4(C)/C(=C(/NC=O)S(=O)(=O)c5ccc(C)cc5)CC[C@@H]34)[C@@]2(C)CC1. The largest absolute Gasteiger partial charge is 0.501 e. The summed E-state index contributed by atoms with van der Waals surface area (Å²) in [6, 6.07) is 6.90. The molecule has 0 unspecified atom stereocenters. The van der Waals surface area contributed by atoms with Crippen LogP contribution in [0.15, 0.2) is 63.2 Å². The van der Waals surface area contributed by atoms with E-state index in [2.05, 4.69) is 31.3 Å². The quantitative estimate of drug-likeness (QED) is 0.522. The van der Waals surface area contributed by atoms with E-state index in [-0.39, 0.29) is 20.8 Å². The second kappa shape index (κ2) is 8.65. The summed E-state index contributed by atoms with van der Waals surface area (Å²) in [7, 11) is -2.06. The molecular weight excluding hydrogens is 458 g/mol. The standard InChI is InChI=1S/C29H37NO4S/c1-19-5-8-22(9-6-19)35(32,33)27(30-18-31)26-12-11-24-23-10-7-20-17-21(34-4)13-15-28(20,2)25(23)14-16-29(24,26)3/h5-9,17-18,23-25H,10-16H2,1-4H3,(H,30,31)/b27-26-/t23-,24-,25-,28-,29-/m0/s1. The highest BCUT2D eigenvalue weighted by atomic mass is 32.2. The molecule has 5 nitrogen and oxygen atoms in total. The van der Waals surface area contributed by atoms with Gasteiger partial charge in [-0.3, -0.25) is 4.79 Å². The van der Waals surface area contributed by atoms with E-state index in [1.165, 1.54) is 5.57 Å². The van der Waals surface area contributed by atoms with Crippen LogP contribution in [0.4, 0.5) is 0 Å². The third-order valence-corrected chi connectivity index (χ3v) is 11.6. The Morgan fingerprint density at radius 2 is 1.77 bits per heavy atom. The van der Waals surface area contributed by atoms with Gasteiger partial charge < -0.3 is 10.1 Å². The van der Waals surface area contributed by atoms with Gasteiger partial charge in [0.05, 0.1) is 17.8 Å². The lowest BCUT2D eigenvalue weighted by Gasteiger charge is -2.56. The van der Waals surface area contributed by atoms with E-state index in [9.17, 15) is 13.2 Å². The zero-order chi connectivity index (χ0) is 25.0. The first kappa shape index (κ1) is 24.4. The molecule has 1 N–H and O–H groups in total. The lowest BCUT2D eigenvalue weighted by atomic mass is 9.48. The van der Waals surface area contributed by atoms with Gasteiger partial charge >= 0.3 is 0 Å². The summed E-state index contributed by atoms with van der Waals surface area (Å²) >= 11 is 0. The normalized spacial score (nSPS) is 35.6. The summed E-state index contributed by atoms with van der Waals surface area (Å²) in [5, 5.41) is 2.76. The number of hydrogen-bond acceptors (Lipinski definition) is 4. The van der Waals surface area contributed by atoms with Crippen LogP contribution in [0.2, 0.25) is 0 Å². The van der Waals surface area contributed by atoms with E-state index >= 15 is 0 Å². The molecule has 5 atom stereocenters. The van der Waals surface area contributed by atoms with Gasteiger partial charge in [0.2, 0.25) is 16.2 Å². The first-order valence-corrected chi connectivity index (χ1v) is 14.3. The zero-order valence-corrected chi connectivity index (χ0v) is 22.1. The number of aryl methyl sites for hydroxylation is 1. The van der Waals surface area contributed by atoms with Crippen LogP contribution in [0, 0.1) is 35.5 Å². The number of ether oxygens (including phenoxy) is 1. The summed E-state index contributed by atoms with van der Waals surface area (Å²) in [4.78, 5) is 11.9. The Hall–Kier alpha value is -2.34. The Morgan fingerprint density at radius 3 is 2.46 bits per heavy atom. The fourth-order valence-electron chi connectivity index (χ4n) is 7.86. The number of hydrogen-bond donors (Lipinski definition) is 1. The third kappa shape index (κ3) is 3.71. The van der Waals surface area contributed by atoms with E-state index in [1.807, 2.05) is 6.92 Å². The van der Waals surface area contributed by atoms with Crippen LogP contribution in [0.25, 0.3) is 0 Å². The summed E-state index contributed by atoms with van der Waals surface area (Å²) in [6.45, 7) is 6.61. The van der Waals surface area contributed by atoms with E-state index < -0.39 is 9.84 Å². The second-order valence-corrected chi connectivity index (χ2v) is 13.3. The van der Waals surface area contributed by atoms with Crippen molar-refractivity contribution in [1.82, 2.24) is 5.32 Å². The Morgan fingerprint density at radius 1 is 1.06 bits per heavy atom. The van der Waals surface area contributed by atoms with Crippen LogP contribution in [0.3, 0.4) is 0 Å². The number of nitrogens with one attached hydrogen (secondary N) is 1. The van der Waals surface area contributed by atoms with Gasteiger partial charge in [0.25, 0.3) is 0 Å². The molecule has 1 aromatic carbocycles. The van der Waals surface area contributed by atoms with Crippen molar-refractivity contribution in [3.05, 3.63) is 63.9 Å². The highest BCUT2D eigenvalue weighted by Gasteiger charge is 2.57. The highest BCUT2D eigenvalue weighted by Crippen LogP contribution is 2.66. The number of carbonyl (C=O) groups is 1. The van der Waals surface area contributed by atoms with Gasteiger partial charge in [0.15, 0.2) is 0 Å². The van der Waals surface area contributed by atoms with Crippen molar-refractivity contribution in [2.75, 3.05) is 7.11 Å². The van der Waals surface area contributed by atoms with Gasteiger partial charge in [-0.1, -0.05) is 37.6 Å². The average Bonchev–Trinajstić information content (AvgIpc) is 3.19. The van der Waals surface area contributed by atoms with Crippen LogP contribution in [0.1, 0.15) is 64.4 Å². The number of benzene rings is 1. The van der Waals surface area contributed by atoms with E-state index in [1.54, 1.807) is 31.4 Å². The molecule has 1 amide bonds. The average molecular weight is 496 g/mol. The fourth-order valence-corrected chi connectivity index (χ4v) is 9.45. The van der Waals surface area contributed by atoms with Gasteiger partial charge in [0.1, 0.15) is 5.03 Å². The maximum atomic E-state index is 13.7. The van der Waals surface area contributed by atoms with Crippen LogP contribution in [0.5, 0.6) is 0 Å². The highest BCUT2D eigenvalue weighted by molar-refractivity contribution is 7.95. The number of rotatable bonds is 5. The predicted molar refractivity (Wildman–Crippen MR) is 137 cm³/mol. The topological polar surface area (TPSA) is 72.5 Å². The minimum atomic E-state index is -3.82. The lowest BCUT2D eigenvalue weighted by Crippen LogP contribution is -2.48. The van der Waals surface area contributed by atoms with Crippen LogP contribution in [-0.2, 0) is 19.4 Å². The number of sulfone groups is 1. The summed E-state index contributed by atoms with van der Waals surface area (Å²) in [5.41, 5.74) is 3.26. The number of carbonyl (C=O) groups excluding carboxylic acids is 1. The summed E-state index contributed by atoms with van der Waals surface area (Å²) < 4.78 is 33.0. The lowest BCUT2D eigenvalue weighted by molar-refractivity contribution is -0.108. The first-order chi connectivity index (χ1) is 16.6. The maximum Gasteiger partial charge on any atom is 0.221 e. The second-order valence-electron chi connectivity index (χ2n) is 11.4. The van der Waals surface area contributed by atoms with Crippen molar-refractivity contribution in [2.24, 2.45) is 28.6 Å². The van der Waals surface area contributed by atoms with Crippen LogP contribution >= 0.6 is 0 Å². The molecule has 2 saturated carbocycles. The Labute approximate surface area is 209 Å². The van der Waals surface area contributed by atoms with Crippen molar-refractivity contribution < 1.29 is 17.9 Å². The van der Waals surface area contributed by atoms with Crippen LogP contribution in [-0.4, -0.2) is 21.9 Å². The number of allylic oxidation sites excluding steroid dienone is 5. The van der Waals surface area contributed by atoms with Crippen molar-refractivity contribution in [1.29, 1.82) is 0 Å². The molecule has 4 aliphatic rings. The molecule has 4 aliphatic carbocycles. The molecule has 0 spiro atoms. The van der Waals surface area contributed by atoms with Crippen LogP contribution < -0.4 is 5.32 Å². The molecule has 0 heterocycles. The molecule has 0 aliphatic heterocycles. The third-order valence-electron chi connectivity index (χ3n) is 9.84. The number of methoxy groups -OCH3 is 1. The molecule has 0 saturated heterocycles. The van der Waals surface area contributed by atoms with Crippen molar-refractivity contribution in [3.8, 4) is 0 Å². The molecule has 0 aromatic heterocycles. The molecule has 5 rings (SSSR count). The molecule has 0 radical (unpaired) electrons. The Kier molecular flexibility index (Phi) is 6.02. The molecule has 1 aromatic rings. The van der Waals surface area contributed by atoms with Gasteiger partial charge in [-0.2, -0.15) is 0 Å². The molecule has 0 bridgehead atoms. The van der Waals surface area contributed by atoms with Crippen molar-refractivity contribution in [3.63, 3.8) is 0 Å². The molecule has 2 fully saturated rings. The Balaban J connectivity index is 1.54. The fraction of sp³-hybridized carbons (Fsp3) is 0.552. The van der Waals surface area contributed by atoms with Gasteiger partial charge in [0, 0.05) is 6.42 Å². The van der Waals surface area contributed by atoms with E-state index in [4.69, 9.17) is 4.74 Å². The van der Waals surface area contributed by atoms with E-state index in [0.717, 1.165) is 55.4 Å². The smallest absolute Gasteiger partial charge is 0.221 e. The number of fused-ring (bicyclic) bond motifs is 5. The zero-order valence-electron chi connectivity index (χ0n) is 21.3. The molecule has 188 valence electrons. The first-order valence-electron chi connectivity index (χ1n) is 12.9. The monoisotopic (exact) mass is 495 g/mol.